The summed E-state index contributed by atoms with van der Waals surface area (Å²) < 4.78 is 12.4. The average molecular weight is 633 g/mol. The summed E-state index contributed by atoms with van der Waals surface area (Å²) >= 11 is 1.54. The molecule has 3 aromatic carbocycles. The van der Waals surface area contributed by atoms with Gasteiger partial charge >= 0.3 is 12.1 Å². The van der Waals surface area contributed by atoms with Crippen molar-refractivity contribution in [2.24, 2.45) is 0 Å². The van der Waals surface area contributed by atoms with E-state index < -0.39 is 29.1 Å². The molecule has 0 aromatic heterocycles. The van der Waals surface area contributed by atoms with Crippen molar-refractivity contribution in [3.63, 3.8) is 0 Å². The van der Waals surface area contributed by atoms with Crippen LogP contribution in [-0.4, -0.2) is 64.7 Å². The summed E-state index contributed by atoms with van der Waals surface area (Å²) in [6.07, 6.45) is 3.13. The number of ether oxygens (including phenoxy) is 2. The smallest absolute Gasteiger partial charge is 0.410 e. The van der Waals surface area contributed by atoms with Crippen LogP contribution in [0.25, 0.3) is 11.1 Å². The maximum absolute atomic E-state index is 13.5. The molecule has 2 N–H and O–H groups in total. The number of nitrogens with zero attached hydrogens (tertiary/aromatic N) is 1. The fourth-order valence-electron chi connectivity index (χ4n) is 5.56. The minimum absolute atomic E-state index is 0.285. The summed E-state index contributed by atoms with van der Waals surface area (Å²) in [4.78, 5) is 39.9. The third-order valence-electron chi connectivity index (χ3n) is 8.02. The zero-order valence-electron chi connectivity index (χ0n) is 26.8. The third kappa shape index (κ3) is 8.89. The summed E-state index contributed by atoms with van der Waals surface area (Å²) in [6.45, 7) is 8.86. The number of aliphatic carboxylic acids is 1. The molecule has 1 aliphatic rings. The maximum atomic E-state index is 13.5. The Labute approximate surface area is 270 Å². The molecule has 4 rings (SSSR count). The Bertz CT molecular complexity index is 1480. The molecule has 0 bridgehead atoms. The average Bonchev–Trinajstić information content (AvgIpc) is 3.01. The molecule has 0 radical (unpaired) electrons. The monoisotopic (exact) mass is 632 g/mol. The summed E-state index contributed by atoms with van der Waals surface area (Å²) in [7, 11) is 0. The Kier molecular flexibility index (Phi) is 11.3. The number of benzene rings is 3. The topological polar surface area (TPSA) is 105 Å². The lowest BCUT2D eigenvalue weighted by Gasteiger charge is -2.42. The lowest BCUT2D eigenvalue weighted by atomic mass is 9.84. The van der Waals surface area contributed by atoms with Crippen LogP contribution in [0.1, 0.15) is 67.1 Å². The number of thioether (sulfide) groups is 1. The lowest BCUT2D eigenvalue weighted by Crippen LogP contribution is -2.47. The summed E-state index contributed by atoms with van der Waals surface area (Å²) in [5.74, 6) is -0.857. The van der Waals surface area contributed by atoms with Crippen molar-refractivity contribution < 1.29 is 29.0 Å². The van der Waals surface area contributed by atoms with E-state index in [1.54, 1.807) is 11.0 Å². The standard InChI is InChI=1S/C36H44N2O6S/c1-25-11-9-10-14-28(25)30-23-26(15-16-29(30)32(39)37-31(33(40)41)17-22-45-5)24-43-36(27-12-7-6-8-13-27)18-20-38(21-19-36)34(42)44-35(2,3)4/h6-16,23,31H,17-22,24H2,1-5H3,(H,37,39)(H,40,41)/t31-/m0/s1. The number of nitrogens with one attached hydrogen (secondary N) is 1. The number of piperidine rings is 1. The summed E-state index contributed by atoms with van der Waals surface area (Å²) in [5.41, 5.74) is 3.77. The molecule has 9 heteroatoms. The molecule has 1 saturated heterocycles. The molecule has 0 spiro atoms. The molecule has 240 valence electrons. The largest absolute Gasteiger partial charge is 0.480 e. The van der Waals surface area contributed by atoms with Crippen molar-refractivity contribution in [1.82, 2.24) is 10.2 Å². The second kappa shape index (κ2) is 15.0. The first kappa shape index (κ1) is 34.1. The van der Waals surface area contributed by atoms with Gasteiger partial charge in [0.1, 0.15) is 11.6 Å². The minimum Gasteiger partial charge on any atom is -0.480 e. The van der Waals surface area contributed by atoms with Crippen LogP contribution in [0.4, 0.5) is 4.79 Å². The molecule has 1 atom stereocenters. The molecule has 8 nitrogen and oxygen atoms in total. The zero-order valence-corrected chi connectivity index (χ0v) is 27.6. The Balaban J connectivity index is 1.61. The first-order valence-corrected chi connectivity index (χ1v) is 16.7. The van der Waals surface area contributed by atoms with E-state index in [9.17, 15) is 19.5 Å². The Morgan fingerprint density at radius 1 is 0.978 bits per heavy atom. The van der Waals surface area contributed by atoms with E-state index in [2.05, 4.69) is 17.4 Å². The number of carbonyl (C=O) groups is 3. The van der Waals surface area contributed by atoms with Crippen molar-refractivity contribution >= 4 is 29.7 Å². The van der Waals surface area contributed by atoms with Crippen LogP contribution in [0.15, 0.2) is 72.8 Å². The Hall–Kier alpha value is -3.82. The summed E-state index contributed by atoms with van der Waals surface area (Å²) in [5, 5.41) is 12.4. The SMILES string of the molecule is CSCC[C@H](NC(=O)c1ccc(COC2(c3ccccc3)CCN(C(=O)OC(C)(C)C)CC2)cc1-c1ccccc1C)C(=O)O. The lowest BCUT2D eigenvalue weighted by molar-refractivity contribution is -0.139. The number of amides is 2. The van der Waals surface area contributed by atoms with Gasteiger partial charge in [0, 0.05) is 18.7 Å². The van der Waals surface area contributed by atoms with Gasteiger partial charge in [-0.3, -0.25) is 4.79 Å². The highest BCUT2D eigenvalue weighted by atomic mass is 32.2. The van der Waals surface area contributed by atoms with E-state index in [0.29, 0.717) is 49.2 Å². The van der Waals surface area contributed by atoms with E-state index in [-0.39, 0.29) is 12.7 Å². The predicted molar refractivity (Wildman–Crippen MR) is 178 cm³/mol. The van der Waals surface area contributed by atoms with Crippen LogP contribution in [0.3, 0.4) is 0 Å². The van der Waals surface area contributed by atoms with Crippen LogP contribution < -0.4 is 5.32 Å². The van der Waals surface area contributed by atoms with Gasteiger partial charge in [-0.1, -0.05) is 60.7 Å². The van der Waals surface area contributed by atoms with E-state index in [1.807, 2.05) is 88.5 Å². The van der Waals surface area contributed by atoms with Gasteiger partial charge in [-0.25, -0.2) is 9.59 Å². The van der Waals surface area contributed by atoms with Crippen LogP contribution in [0, 0.1) is 6.92 Å². The molecule has 0 unspecified atom stereocenters. The van der Waals surface area contributed by atoms with Gasteiger partial charge in [0.25, 0.3) is 5.91 Å². The van der Waals surface area contributed by atoms with Gasteiger partial charge in [-0.2, -0.15) is 11.8 Å². The van der Waals surface area contributed by atoms with Gasteiger partial charge in [-0.15, -0.1) is 0 Å². The molecule has 2 amide bonds. The van der Waals surface area contributed by atoms with E-state index in [0.717, 1.165) is 22.3 Å². The van der Waals surface area contributed by atoms with E-state index >= 15 is 0 Å². The van der Waals surface area contributed by atoms with Crippen molar-refractivity contribution in [3.05, 3.63) is 95.1 Å². The van der Waals surface area contributed by atoms with Gasteiger partial charge in [0.2, 0.25) is 0 Å². The number of hydrogen-bond donors (Lipinski definition) is 2. The summed E-state index contributed by atoms with van der Waals surface area (Å²) in [6, 6.07) is 22.5. The predicted octanol–water partition coefficient (Wildman–Crippen LogP) is 7.04. The minimum atomic E-state index is -1.05. The van der Waals surface area contributed by atoms with Crippen LogP contribution in [-0.2, 0) is 26.5 Å². The van der Waals surface area contributed by atoms with Gasteiger partial charge < -0.3 is 24.8 Å². The van der Waals surface area contributed by atoms with Crippen LogP contribution in [0.2, 0.25) is 0 Å². The first-order valence-electron chi connectivity index (χ1n) is 15.3. The molecule has 1 fully saturated rings. The van der Waals surface area contributed by atoms with Crippen molar-refractivity contribution in [1.29, 1.82) is 0 Å². The highest BCUT2D eigenvalue weighted by molar-refractivity contribution is 7.98. The van der Waals surface area contributed by atoms with Gasteiger partial charge in [-0.05, 0) is 98.9 Å². The number of rotatable bonds is 11. The molecule has 1 heterocycles. The number of likely N-dealkylation sites (tertiary alicyclic amines) is 1. The van der Waals surface area contributed by atoms with Crippen molar-refractivity contribution in [2.75, 3.05) is 25.1 Å². The first-order chi connectivity index (χ1) is 21.4. The van der Waals surface area contributed by atoms with Crippen LogP contribution >= 0.6 is 11.8 Å². The van der Waals surface area contributed by atoms with Crippen molar-refractivity contribution in [2.45, 2.75) is 70.8 Å². The Morgan fingerprint density at radius 3 is 2.27 bits per heavy atom. The van der Waals surface area contributed by atoms with Gasteiger partial charge in [0.15, 0.2) is 0 Å². The highest BCUT2D eigenvalue weighted by Crippen LogP contribution is 2.38. The molecular formula is C36H44N2O6S. The zero-order chi connectivity index (χ0) is 32.6. The number of carboxylic acids is 1. The fraction of sp³-hybridized carbons (Fsp3) is 0.417. The number of carboxylic acid groups (broad SMARTS) is 1. The molecule has 1 aliphatic heterocycles. The molecule has 0 aliphatic carbocycles. The van der Waals surface area contributed by atoms with Crippen molar-refractivity contribution in [3.8, 4) is 11.1 Å². The second-order valence-corrected chi connectivity index (χ2v) is 13.4. The fourth-order valence-corrected chi connectivity index (χ4v) is 6.03. The number of aryl methyl sites for hydroxylation is 1. The quantitative estimate of drug-likeness (QED) is 0.234. The molecule has 45 heavy (non-hydrogen) atoms. The van der Waals surface area contributed by atoms with Gasteiger partial charge in [0.05, 0.1) is 12.2 Å². The Morgan fingerprint density at radius 2 is 1.64 bits per heavy atom. The second-order valence-electron chi connectivity index (χ2n) is 12.5. The molecule has 0 saturated carbocycles. The molecular weight excluding hydrogens is 588 g/mol. The maximum Gasteiger partial charge on any atom is 0.410 e. The highest BCUT2D eigenvalue weighted by Gasteiger charge is 2.39. The third-order valence-corrected chi connectivity index (χ3v) is 8.66. The van der Waals surface area contributed by atoms with E-state index in [1.165, 1.54) is 11.8 Å². The van der Waals surface area contributed by atoms with E-state index in [4.69, 9.17) is 9.47 Å². The molecule has 3 aromatic rings. The normalized spacial score (nSPS) is 15.3. The number of hydrogen-bond acceptors (Lipinski definition) is 6. The number of carbonyl (C=O) groups excluding carboxylic acids is 2. The van der Waals surface area contributed by atoms with Crippen LogP contribution in [0.5, 0.6) is 0 Å².